The van der Waals surface area contributed by atoms with E-state index >= 15 is 0 Å². The van der Waals surface area contributed by atoms with Gasteiger partial charge in [0, 0.05) is 30.4 Å². The van der Waals surface area contributed by atoms with Crippen LogP contribution in [0.5, 0.6) is 0 Å². The highest BCUT2D eigenvalue weighted by atomic mass is 16.5. The zero-order chi connectivity index (χ0) is 18.1. The van der Waals surface area contributed by atoms with Crippen LogP contribution in [-0.2, 0) is 17.7 Å². The summed E-state index contributed by atoms with van der Waals surface area (Å²) in [6.07, 6.45) is 5.10. The minimum atomic E-state index is 0.139. The molecule has 1 unspecified atom stereocenters. The van der Waals surface area contributed by atoms with Crippen molar-refractivity contribution in [2.24, 2.45) is 0 Å². The molecule has 26 heavy (non-hydrogen) atoms. The number of nitrogens with zero attached hydrogens (tertiary/aromatic N) is 4. The molecule has 0 bridgehead atoms. The van der Waals surface area contributed by atoms with Crippen LogP contribution in [0.2, 0.25) is 0 Å². The normalized spacial score (nSPS) is 17.8. The topological polar surface area (TPSA) is 43.2 Å². The van der Waals surface area contributed by atoms with Crippen molar-refractivity contribution in [2.75, 3.05) is 24.6 Å². The molecule has 3 aromatic rings. The molecule has 0 aliphatic carbocycles. The smallest absolute Gasteiger partial charge is 0.0946 e. The van der Waals surface area contributed by atoms with Gasteiger partial charge in [0.1, 0.15) is 0 Å². The second kappa shape index (κ2) is 7.08. The van der Waals surface area contributed by atoms with E-state index in [1.807, 2.05) is 10.9 Å². The lowest BCUT2D eigenvalue weighted by Gasteiger charge is -2.36. The number of ether oxygens (including phenoxy) is 1. The van der Waals surface area contributed by atoms with Crippen LogP contribution in [0.1, 0.15) is 23.7 Å². The molecule has 0 N–H and O–H groups in total. The summed E-state index contributed by atoms with van der Waals surface area (Å²) in [5, 5.41) is 5.65. The molecule has 0 saturated carbocycles. The highest BCUT2D eigenvalue weighted by Gasteiger charge is 2.25. The van der Waals surface area contributed by atoms with Crippen LogP contribution in [0.15, 0.2) is 36.7 Å². The second-order valence-electron chi connectivity index (χ2n) is 7.07. The number of fused-ring (bicyclic) bond motifs is 1. The summed E-state index contributed by atoms with van der Waals surface area (Å²) in [5.41, 5.74) is 6.07. The highest BCUT2D eigenvalue weighted by Crippen LogP contribution is 2.33. The molecule has 5 nitrogen and oxygen atoms in total. The van der Waals surface area contributed by atoms with Gasteiger partial charge in [-0.05, 0) is 37.5 Å². The Bertz CT molecular complexity index is 918. The van der Waals surface area contributed by atoms with Crippen LogP contribution in [0.25, 0.3) is 10.9 Å². The first-order valence-corrected chi connectivity index (χ1v) is 9.39. The summed E-state index contributed by atoms with van der Waals surface area (Å²) in [4.78, 5) is 7.31. The monoisotopic (exact) mass is 350 g/mol. The largest absolute Gasteiger partial charge is 0.373 e. The van der Waals surface area contributed by atoms with Crippen LogP contribution in [0.3, 0.4) is 0 Å². The molecular formula is C21H26N4O. The molecular weight excluding hydrogens is 324 g/mol. The summed E-state index contributed by atoms with van der Waals surface area (Å²) >= 11 is 0. The first-order valence-electron chi connectivity index (χ1n) is 9.39. The van der Waals surface area contributed by atoms with Crippen LogP contribution in [0.4, 0.5) is 5.69 Å². The SMILES string of the molecule is CCc1c(C)nc2ccccc2c1N1CCOC(Cn2cc(C)cn2)C1. The third-order valence-electron chi connectivity index (χ3n) is 5.13. The van der Waals surface area contributed by atoms with Gasteiger partial charge in [-0.1, -0.05) is 25.1 Å². The van der Waals surface area contributed by atoms with Crippen molar-refractivity contribution in [3.8, 4) is 0 Å². The van der Waals surface area contributed by atoms with Crippen molar-refractivity contribution in [1.29, 1.82) is 0 Å². The molecule has 5 heteroatoms. The molecule has 1 fully saturated rings. The predicted molar refractivity (Wildman–Crippen MR) is 105 cm³/mol. The molecule has 1 aliphatic rings. The summed E-state index contributed by atoms with van der Waals surface area (Å²) in [5.74, 6) is 0. The van der Waals surface area contributed by atoms with Crippen LogP contribution in [-0.4, -0.2) is 40.6 Å². The average Bonchev–Trinajstić information content (AvgIpc) is 3.05. The average molecular weight is 350 g/mol. The maximum atomic E-state index is 6.04. The second-order valence-corrected chi connectivity index (χ2v) is 7.07. The Morgan fingerprint density at radius 1 is 1.23 bits per heavy atom. The molecule has 2 aromatic heterocycles. The number of benzene rings is 1. The van der Waals surface area contributed by atoms with Gasteiger partial charge in [0.05, 0.1) is 36.7 Å². The van der Waals surface area contributed by atoms with E-state index < -0.39 is 0 Å². The summed E-state index contributed by atoms with van der Waals surface area (Å²) in [6.45, 7) is 9.72. The minimum absolute atomic E-state index is 0.139. The molecule has 1 saturated heterocycles. The van der Waals surface area contributed by atoms with Gasteiger partial charge < -0.3 is 9.64 Å². The van der Waals surface area contributed by atoms with Gasteiger partial charge >= 0.3 is 0 Å². The predicted octanol–water partition coefficient (Wildman–Crippen LogP) is 3.52. The first-order chi connectivity index (χ1) is 12.7. The number of aromatic nitrogens is 3. The fourth-order valence-electron chi connectivity index (χ4n) is 3.95. The maximum Gasteiger partial charge on any atom is 0.0946 e. The van der Waals surface area contributed by atoms with Crippen molar-refractivity contribution in [3.63, 3.8) is 0 Å². The van der Waals surface area contributed by atoms with Gasteiger partial charge in [0.2, 0.25) is 0 Å². The third-order valence-corrected chi connectivity index (χ3v) is 5.13. The van der Waals surface area contributed by atoms with Crippen molar-refractivity contribution in [1.82, 2.24) is 14.8 Å². The number of anilines is 1. The van der Waals surface area contributed by atoms with Gasteiger partial charge in [-0.25, -0.2) is 0 Å². The van der Waals surface area contributed by atoms with E-state index in [1.54, 1.807) is 0 Å². The third kappa shape index (κ3) is 3.19. The summed E-state index contributed by atoms with van der Waals surface area (Å²) < 4.78 is 8.03. The van der Waals surface area contributed by atoms with Crippen molar-refractivity contribution in [2.45, 2.75) is 39.8 Å². The Balaban J connectivity index is 1.68. The van der Waals surface area contributed by atoms with E-state index in [9.17, 15) is 0 Å². The molecule has 1 atom stereocenters. The standard InChI is InChI=1S/C21H26N4O/c1-4-18-16(3)23-20-8-6-5-7-19(20)21(18)24-9-10-26-17(13-24)14-25-12-15(2)11-22-25/h5-8,11-12,17H,4,9-10,13-14H2,1-3H3. The molecule has 1 aromatic carbocycles. The first kappa shape index (κ1) is 17.0. The Kier molecular flexibility index (Phi) is 4.64. The zero-order valence-electron chi connectivity index (χ0n) is 15.8. The highest BCUT2D eigenvalue weighted by molar-refractivity contribution is 5.94. The molecule has 1 aliphatic heterocycles. The van der Waals surface area contributed by atoms with E-state index in [-0.39, 0.29) is 6.10 Å². The fraction of sp³-hybridized carbons (Fsp3) is 0.429. The maximum absolute atomic E-state index is 6.04. The number of hydrogen-bond donors (Lipinski definition) is 0. The van der Waals surface area contributed by atoms with Gasteiger partial charge in [-0.2, -0.15) is 5.10 Å². The number of hydrogen-bond acceptors (Lipinski definition) is 4. The van der Waals surface area contributed by atoms with Gasteiger partial charge in [-0.3, -0.25) is 9.67 Å². The fourth-order valence-corrected chi connectivity index (χ4v) is 3.95. The Morgan fingerprint density at radius 3 is 2.85 bits per heavy atom. The Morgan fingerprint density at radius 2 is 2.08 bits per heavy atom. The van der Waals surface area contributed by atoms with E-state index in [0.717, 1.165) is 43.9 Å². The molecule has 0 radical (unpaired) electrons. The zero-order valence-corrected chi connectivity index (χ0v) is 15.8. The lowest BCUT2D eigenvalue weighted by molar-refractivity contribution is 0.0274. The number of morpholine rings is 1. The molecule has 3 heterocycles. The Hall–Kier alpha value is -2.40. The molecule has 136 valence electrons. The number of para-hydroxylation sites is 1. The summed E-state index contributed by atoms with van der Waals surface area (Å²) in [7, 11) is 0. The van der Waals surface area contributed by atoms with Crippen molar-refractivity contribution < 1.29 is 4.74 Å². The quantitative estimate of drug-likeness (QED) is 0.722. The summed E-state index contributed by atoms with van der Waals surface area (Å²) in [6, 6.07) is 8.46. The van der Waals surface area contributed by atoms with Crippen molar-refractivity contribution in [3.05, 3.63) is 53.5 Å². The number of pyridine rings is 1. The number of aryl methyl sites for hydroxylation is 2. The lowest BCUT2D eigenvalue weighted by Crippen LogP contribution is -2.45. The van der Waals surface area contributed by atoms with Gasteiger partial charge in [0.25, 0.3) is 0 Å². The van der Waals surface area contributed by atoms with Gasteiger partial charge in [0.15, 0.2) is 0 Å². The van der Waals surface area contributed by atoms with Crippen molar-refractivity contribution >= 4 is 16.6 Å². The lowest BCUT2D eigenvalue weighted by atomic mass is 10.0. The molecule has 4 rings (SSSR count). The number of rotatable bonds is 4. The van der Waals surface area contributed by atoms with E-state index in [1.165, 1.54) is 22.2 Å². The van der Waals surface area contributed by atoms with Gasteiger partial charge in [-0.15, -0.1) is 0 Å². The van der Waals surface area contributed by atoms with E-state index in [2.05, 4.69) is 61.2 Å². The Labute approximate surface area is 154 Å². The van der Waals surface area contributed by atoms with E-state index in [4.69, 9.17) is 9.72 Å². The van der Waals surface area contributed by atoms with E-state index in [0.29, 0.717) is 0 Å². The minimum Gasteiger partial charge on any atom is -0.373 e. The molecule has 0 spiro atoms. The molecule has 0 amide bonds. The van der Waals surface area contributed by atoms with Crippen LogP contribution < -0.4 is 4.90 Å². The van der Waals surface area contributed by atoms with Crippen LogP contribution >= 0.6 is 0 Å². The van der Waals surface area contributed by atoms with Crippen LogP contribution in [0, 0.1) is 13.8 Å².